The molecule has 0 aromatic heterocycles. The Bertz CT molecular complexity index is 290. The minimum absolute atomic E-state index is 0.0944. The van der Waals surface area contributed by atoms with Gasteiger partial charge in [-0.2, -0.15) is 0 Å². The molecule has 0 radical (unpaired) electrons. The van der Waals surface area contributed by atoms with Crippen LogP contribution >= 0.6 is 24.0 Å². The van der Waals surface area contributed by atoms with Crippen molar-refractivity contribution in [3.63, 3.8) is 0 Å². The van der Waals surface area contributed by atoms with Crippen molar-refractivity contribution in [3.05, 3.63) is 0 Å². The number of amides is 1. The van der Waals surface area contributed by atoms with Crippen LogP contribution in [-0.4, -0.2) is 38.0 Å². The van der Waals surface area contributed by atoms with E-state index in [-0.39, 0.29) is 17.6 Å². The highest BCUT2D eigenvalue weighted by Crippen LogP contribution is 2.26. The third kappa shape index (κ3) is 2.49. The van der Waals surface area contributed by atoms with Gasteiger partial charge in [0.15, 0.2) is 0 Å². The van der Waals surface area contributed by atoms with Crippen molar-refractivity contribution in [1.82, 2.24) is 4.90 Å². The summed E-state index contributed by atoms with van der Waals surface area (Å²) in [6.07, 6.45) is 0.702. The summed E-state index contributed by atoms with van der Waals surface area (Å²) in [7, 11) is 0. The lowest BCUT2D eigenvalue weighted by molar-refractivity contribution is -0.147. The predicted octanol–water partition coefficient (Wildman–Crippen LogP) is 1.35. The normalized spacial score (nSPS) is 20.5. The summed E-state index contributed by atoms with van der Waals surface area (Å²) in [5, 5.41) is 9.11. The maximum Gasteiger partial charge on any atom is 0.327 e. The molecule has 4 nitrogen and oxygen atoms in total. The van der Waals surface area contributed by atoms with Gasteiger partial charge in [0.25, 0.3) is 0 Å². The Morgan fingerprint density at radius 3 is 2.67 bits per heavy atom. The second kappa shape index (κ2) is 4.94. The van der Waals surface area contributed by atoms with Crippen LogP contribution in [0.5, 0.6) is 0 Å². The van der Waals surface area contributed by atoms with E-state index in [2.05, 4.69) is 0 Å². The Balaban J connectivity index is 2.93. The Morgan fingerprint density at radius 2 is 2.33 bits per heavy atom. The number of hydrogen-bond donors (Lipinski definition) is 1. The van der Waals surface area contributed by atoms with E-state index in [1.54, 1.807) is 0 Å². The lowest BCUT2D eigenvalue weighted by Crippen LogP contribution is -2.47. The monoisotopic (exact) mass is 247 g/mol. The number of carbonyl (C=O) groups is 2. The summed E-state index contributed by atoms with van der Waals surface area (Å²) in [6.45, 7) is 3.72. The maximum absolute atomic E-state index is 11.5. The van der Waals surface area contributed by atoms with Crippen LogP contribution < -0.4 is 0 Å². The van der Waals surface area contributed by atoms with Gasteiger partial charge < -0.3 is 5.11 Å². The molecular weight excluding hydrogens is 234 g/mol. The lowest BCUT2D eigenvalue weighted by Gasteiger charge is -2.27. The van der Waals surface area contributed by atoms with E-state index in [9.17, 15) is 9.59 Å². The lowest BCUT2D eigenvalue weighted by atomic mass is 9.98. The fourth-order valence-corrected chi connectivity index (χ4v) is 2.60. The van der Waals surface area contributed by atoms with Gasteiger partial charge in [-0.1, -0.05) is 44.2 Å². The molecule has 1 N–H and O–H groups in total. The first kappa shape index (κ1) is 12.4. The number of thioether (sulfide) groups is 1. The van der Waals surface area contributed by atoms with Gasteiger partial charge in [-0.3, -0.25) is 9.69 Å². The van der Waals surface area contributed by atoms with Crippen LogP contribution in [0.3, 0.4) is 0 Å². The number of aliphatic carboxylic acids is 1. The van der Waals surface area contributed by atoms with E-state index in [1.165, 1.54) is 16.7 Å². The molecule has 0 aliphatic carbocycles. The van der Waals surface area contributed by atoms with Gasteiger partial charge in [0.2, 0.25) is 5.91 Å². The minimum Gasteiger partial charge on any atom is -0.480 e. The van der Waals surface area contributed by atoms with Gasteiger partial charge in [0, 0.05) is 0 Å². The summed E-state index contributed by atoms with van der Waals surface area (Å²) in [4.78, 5) is 23.9. The standard InChI is InChI=1S/C9H13NO3S2/c1-3-5(2)7(8(12)13)10-6(11)4-15-9(10)14/h5,7H,3-4H2,1-2H3,(H,12,13)/t5-,7-/m0/s1. The topological polar surface area (TPSA) is 57.6 Å². The third-order valence-corrected chi connectivity index (χ3v) is 3.88. The zero-order valence-corrected chi connectivity index (χ0v) is 10.2. The van der Waals surface area contributed by atoms with Crippen LogP contribution in [0.1, 0.15) is 20.3 Å². The fourth-order valence-electron chi connectivity index (χ4n) is 1.46. The molecule has 15 heavy (non-hydrogen) atoms. The average molecular weight is 247 g/mol. The minimum atomic E-state index is -0.984. The van der Waals surface area contributed by atoms with Gasteiger partial charge in [-0.15, -0.1) is 0 Å². The highest BCUT2D eigenvalue weighted by Gasteiger charge is 2.39. The number of carbonyl (C=O) groups excluding carboxylic acids is 1. The summed E-state index contributed by atoms with van der Waals surface area (Å²) < 4.78 is 0.382. The molecule has 0 aromatic rings. The summed E-state index contributed by atoms with van der Waals surface area (Å²) in [5.41, 5.74) is 0. The molecule has 0 bridgehead atoms. The number of hydrogen-bond acceptors (Lipinski definition) is 4. The van der Waals surface area contributed by atoms with Crippen LogP contribution in [0.25, 0.3) is 0 Å². The Morgan fingerprint density at radius 1 is 1.73 bits per heavy atom. The highest BCUT2D eigenvalue weighted by molar-refractivity contribution is 8.23. The quantitative estimate of drug-likeness (QED) is 0.760. The number of carboxylic acid groups (broad SMARTS) is 1. The van der Waals surface area contributed by atoms with Gasteiger partial charge >= 0.3 is 5.97 Å². The first-order valence-corrected chi connectivity index (χ1v) is 6.10. The third-order valence-electron chi connectivity index (χ3n) is 2.50. The van der Waals surface area contributed by atoms with E-state index in [1.807, 2.05) is 13.8 Å². The molecule has 1 heterocycles. The van der Waals surface area contributed by atoms with Crippen LogP contribution in [0.2, 0.25) is 0 Å². The molecule has 1 amide bonds. The van der Waals surface area contributed by atoms with Crippen molar-refractivity contribution in [2.24, 2.45) is 5.92 Å². The van der Waals surface area contributed by atoms with Crippen LogP contribution in [0.4, 0.5) is 0 Å². The maximum atomic E-state index is 11.5. The molecule has 1 fully saturated rings. The van der Waals surface area contributed by atoms with Crippen molar-refractivity contribution >= 4 is 40.2 Å². The predicted molar refractivity (Wildman–Crippen MR) is 62.8 cm³/mol. The van der Waals surface area contributed by atoms with Gasteiger partial charge in [0.05, 0.1) is 5.75 Å². The first-order chi connectivity index (χ1) is 6.99. The van der Waals surface area contributed by atoms with Gasteiger partial charge in [-0.05, 0) is 5.92 Å². The number of rotatable bonds is 4. The van der Waals surface area contributed by atoms with E-state index in [0.717, 1.165) is 0 Å². The van der Waals surface area contributed by atoms with Crippen molar-refractivity contribution in [1.29, 1.82) is 0 Å². The highest BCUT2D eigenvalue weighted by atomic mass is 32.2. The van der Waals surface area contributed by atoms with Crippen LogP contribution in [-0.2, 0) is 9.59 Å². The number of nitrogens with zero attached hydrogens (tertiary/aromatic N) is 1. The average Bonchev–Trinajstić information content (AvgIpc) is 2.49. The molecule has 1 aliphatic rings. The molecule has 84 valence electrons. The Kier molecular flexibility index (Phi) is 4.10. The zero-order valence-electron chi connectivity index (χ0n) is 8.60. The second-order valence-electron chi connectivity index (χ2n) is 3.49. The van der Waals surface area contributed by atoms with E-state index >= 15 is 0 Å². The van der Waals surface area contributed by atoms with Gasteiger partial charge in [-0.25, -0.2) is 4.79 Å². The first-order valence-electron chi connectivity index (χ1n) is 4.70. The van der Waals surface area contributed by atoms with E-state index in [4.69, 9.17) is 17.3 Å². The largest absolute Gasteiger partial charge is 0.480 e. The van der Waals surface area contributed by atoms with Crippen molar-refractivity contribution in [3.8, 4) is 0 Å². The molecule has 1 saturated heterocycles. The molecule has 2 atom stereocenters. The Hall–Kier alpha value is -0.620. The summed E-state index contributed by atoms with van der Waals surface area (Å²) in [5.74, 6) is -1.01. The second-order valence-corrected chi connectivity index (χ2v) is 5.10. The smallest absolute Gasteiger partial charge is 0.327 e. The van der Waals surface area contributed by atoms with Crippen molar-refractivity contribution in [2.75, 3.05) is 5.75 Å². The molecule has 0 aromatic carbocycles. The van der Waals surface area contributed by atoms with Crippen LogP contribution in [0, 0.1) is 5.92 Å². The Labute approximate surface area is 98.0 Å². The number of thiocarbonyl (C=S) groups is 1. The molecule has 1 rings (SSSR count). The summed E-state index contributed by atoms with van der Waals surface area (Å²) >= 11 is 6.22. The van der Waals surface area contributed by atoms with Crippen LogP contribution in [0.15, 0.2) is 0 Å². The number of carboxylic acids is 1. The van der Waals surface area contributed by atoms with E-state index < -0.39 is 12.0 Å². The van der Waals surface area contributed by atoms with Crippen molar-refractivity contribution in [2.45, 2.75) is 26.3 Å². The molecule has 0 spiro atoms. The summed E-state index contributed by atoms with van der Waals surface area (Å²) in [6, 6.07) is -0.815. The van der Waals surface area contributed by atoms with Crippen molar-refractivity contribution < 1.29 is 14.7 Å². The zero-order chi connectivity index (χ0) is 11.6. The molecule has 0 unspecified atom stereocenters. The molecule has 0 saturated carbocycles. The SMILES string of the molecule is CC[C@H](C)[C@@H](C(=O)O)N1C(=O)CSC1=S. The molecule has 6 heteroatoms. The van der Waals surface area contributed by atoms with E-state index in [0.29, 0.717) is 10.7 Å². The van der Waals surface area contributed by atoms with Gasteiger partial charge in [0.1, 0.15) is 10.4 Å². The molecule has 1 aliphatic heterocycles. The molecular formula is C9H13NO3S2. The fraction of sp³-hybridized carbons (Fsp3) is 0.667.